The number of carbonyl (C=O) groups is 1. The Bertz CT molecular complexity index is 579. The molecule has 1 aliphatic heterocycles. The fourth-order valence-electron chi connectivity index (χ4n) is 4.13. The van der Waals surface area contributed by atoms with Crippen LogP contribution in [0.5, 0.6) is 5.75 Å². The average Bonchev–Trinajstić information content (AvgIpc) is 2.67. The molecule has 3 rings (SSSR count). The van der Waals surface area contributed by atoms with Gasteiger partial charge < -0.3 is 20.5 Å². The van der Waals surface area contributed by atoms with Crippen LogP contribution in [0, 0.1) is 0 Å². The van der Waals surface area contributed by atoms with E-state index in [1.54, 1.807) is 7.11 Å². The summed E-state index contributed by atoms with van der Waals surface area (Å²) in [6.45, 7) is 1.78. The van der Waals surface area contributed by atoms with E-state index >= 15 is 0 Å². The number of amides is 1. The van der Waals surface area contributed by atoms with E-state index < -0.39 is 5.54 Å². The number of carbonyl (C=O) groups excluding carboxylic acids is 1. The van der Waals surface area contributed by atoms with Crippen molar-refractivity contribution in [2.75, 3.05) is 26.9 Å². The molecule has 26 heavy (non-hydrogen) atoms. The van der Waals surface area contributed by atoms with Crippen molar-refractivity contribution in [3.05, 3.63) is 29.8 Å². The molecule has 2 aliphatic rings. The second-order valence-electron chi connectivity index (χ2n) is 7.52. The lowest BCUT2D eigenvalue weighted by Crippen LogP contribution is -2.58. The summed E-state index contributed by atoms with van der Waals surface area (Å²) >= 11 is 0. The van der Waals surface area contributed by atoms with Gasteiger partial charge in [0, 0.05) is 25.2 Å². The Morgan fingerprint density at radius 2 is 1.73 bits per heavy atom. The molecule has 1 amide bonds. The minimum atomic E-state index is -0.784. The van der Waals surface area contributed by atoms with Crippen molar-refractivity contribution >= 4 is 18.3 Å². The molecule has 1 aromatic carbocycles. The minimum Gasteiger partial charge on any atom is -0.497 e. The van der Waals surface area contributed by atoms with Crippen molar-refractivity contribution in [3.63, 3.8) is 0 Å². The first kappa shape index (κ1) is 21.0. The highest BCUT2D eigenvalue weighted by Gasteiger charge is 2.39. The summed E-state index contributed by atoms with van der Waals surface area (Å²) in [5, 5.41) is 3.18. The lowest BCUT2D eigenvalue weighted by atomic mass is 9.69. The van der Waals surface area contributed by atoms with E-state index in [2.05, 4.69) is 17.4 Å². The van der Waals surface area contributed by atoms with E-state index in [1.165, 1.54) is 24.8 Å². The Balaban J connectivity index is 0.00000243. The summed E-state index contributed by atoms with van der Waals surface area (Å²) in [7, 11) is 1.68. The predicted molar refractivity (Wildman–Crippen MR) is 105 cm³/mol. The van der Waals surface area contributed by atoms with Crippen LogP contribution in [0.3, 0.4) is 0 Å². The maximum atomic E-state index is 12.7. The number of halogens is 1. The molecule has 1 heterocycles. The van der Waals surface area contributed by atoms with Crippen LogP contribution in [0.4, 0.5) is 0 Å². The van der Waals surface area contributed by atoms with Gasteiger partial charge in [0.25, 0.3) is 0 Å². The molecule has 0 spiro atoms. The molecule has 1 aromatic rings. The number of benzene rings is 1. The smallest absolute Gasteiger partial charge is 0.240 e. The van der Waals surface area contributed by atoms with Crippen LogP contribution in [-0.4, -0.2) is 38.3 Å². The molecular weight excluding hydrogens is 352 g/mol. The summed E-state index contributed by atoms with van der Waals surface area (Å²) in [5.41, 5.74) is 6.83. The van der Waals surface area contributed by atoms with Crippen LogP contribution >= 0.6 is 12.4 Å². The van der Waals surface area contributed by atoms with Gasteiger partial charge in [-0.15, -0.1) is 12.4 Å². The zero-order valence-corrected chi connectivity index (χ0v) is 16.4. The van der Waals surface area contributed by atoms with Crippen LogP contribution in [0.2, 0.25) is 0 Å². The van der Waals surface area contributed by atoms with Gasteiger partial charge in [-0.3, -0.25) is 4.79 Å². The average molecular weight is 383 g/mol. The quantitative estimate of drug-likeness (QED) is 0.821. The molecule has 0 atom stereocenters. The fraction of sp³-hybridized carbons (Fsp3) is 0.650. The second-order valence-corrected chi connectivity index (χ2v) is 7.52. The van der Waals surface area contributed by atoms with E-state index in [4.69, 9.17) is 15.2 Å². The Hall–Kier alpha value is -1.30. The molecule has 5 nitrogen and oxygen atoms in total. The van der Waals surface area contributed by atoms with E-state index in [1.807, 2.05) is 12.1 Å². The Morgan fingerprint density at radius 1 is 1.12 bits per heavy atom. The van der Waals surface area contributed by atoms with Crippen LogP contribution in [0.15, 0.2) is 24.3 Å². The molecular formula is C20H31ClN2O3. The predicted octanol–water partition coefficient (Wildman–Crippen LogP) is 2.94. The van der Waals surface area contributed by atoms with Crippen LogP contribution in [0.25, 0.3) is 0 Å². The first-order valence-corrected chi connectivity index (χ1v) is 9.38. The van der Waals surface area contributed by atoms with E-state index in [0.717, 1.165) is 18.6 Å². The summed E-state index contributed by atoms with van der Waals surface area (Å²) in [6, 6.07) is 8.30. The lowest BCUT2D eigenvalue weighted by Gasteiger charge is -2.40. The maximum Gasteiger partial charge on any atom is 0.240 e. The third-order valence-corrected chi connectivity index (χ3v) is 5.94. The number of methoxy groups -OCH3 is 1. The zero-order chi connectivity index (χ0) is 17.8. The highest BCUT2D eigenvalue weighted by molar-refractivity contribution is 5.86. The van der Waals surface area contributed by atoms with Crippen LogP contribution in [-0.2, 0) is 14.9 Å². The number of ether oxygens (including phenoxy) is 2. The van der Waals surface area contributed by atoms with Crippen molar-refractivity contribution in [3.8, 4) is 5.75 Å². The van der Waals surface area contributed by atoms with E-state index in [-0.39, 0.29) is 23.7 Å². The Morgan fingerprint density at radius 3 is 2.31 bits per heavy atom. The standard InChI is InChI=1S/C20H30N2O3.ClH/c1-24-17-7-5-16(6-8-17)19(9-3-2-4-10-19)15-22-18(23)20(21)11-13-25-14-12-20;/h5-8H,2-4,9-15,21H2,1H3,(H,22,23);1H. The zero-order valence-electron chi connectivity index (χ0n) is 15.6. The highest BCUT2D eigenvalue weighted by atomic mass is 35.5. The van der Waals surface area contributed by atoms with Crippen molar-refractivity contribution in [2.45, 2.75) is 55.9 Å². The van der Waals surface area contributed by atoms with Gasteiger partial charge in [0.05, 0.1) is 12.6 Å². The third-order valence-electron chi connectivity index (χ3n) is 5.94. The SMILES string of the molecule is COc1ccc(C2(CNC(=O)C3(N)CCOCC3)CCCCC2)cc1.Cl. The lowest BCUT2D eigenvalue weighted by molar-refractivity contribution is -0.130. The molecule has 0 aromatic heterocycles. The third kappa shape index (κ3) is 4.51. The molecule has 1 saturated carbocycles. The summed E-state index contributed by atoms with van der Waals surface area (Å²) < 4.78 is 10.6. The summed E-state index contributed by atoms with van der Waals surface area (Å²) in [5.74, 6) is 0.830. The van der Waals surface area contributed by atoms with Gasteiger partial charge >= 0.3 is 0 Å². The van der Waals surface area contributed by atoms with Crippen LogP contribution < -0.4 is 15.8 Å². The largest absolute Gasteiger partial charge is 0.497 e. The molecule has 1 saturated heterocycles. The Labute approximate surface area is 162 Å². The first-order chi connectivity index (χ1) is 12.1. The van der Waals surface area contributed by atoms with Crippen molar-refractivity contribution in [1.29, 1.82) is 0 Å². The van der Waals surface area contributed by atoms with Gasteiger partial charge in [0.15, 0.2) is 0 Å². The topological polar surface area (TPSA) is 73.6 Å². The molecule has 6 heteroatoms. The number of nitrogens with two attached hydrogens (primary N) is 1. The fourth-order valence-corrected chi connectivity index (χ4v) is 4.13. The van der Waals surface area contributed by atoms with Gasteiger partial charge in [-0.2, -0.15) is 0 Å². The first-order valence-electron chi connectivity index (χ1n) is 9.38. The second kappa shape index (κ2) is 9.07. The molecule has 0 unspecified atom stereocenters. The van der Waals surface area contributed by atoms with E-state index in [0.29, 0.717) is 32.6 Å². The monoisotopic (exact) mass is 382 g/mol. The number of rotatable bonds is 5. The van der Waals surface area contributed by atoms with Crippen LogP contribution in [0.1, 0.15) is 50.5 Å². The van der Waals surface area contributed by atoms with E-state index in [9.17, 15) is 4.79 Å². The Kier molecular flexibility index (Phi) is 7.33. The van der Waals surface area contributed by atoms with Gasteiger partial charge in [-0.25, -0.2) is 0 Å². The van der Waals surface area contributed by atoms with Gasteiger partial charge in [0.2, 0.25) is 5.91 Å². The molecule has 1 aliphatic carbocycles. The summed E-state index contributed by atoms with van der Waals surface area (Å²) in [4.78, 5) is 12.7. The van der Waals surface area contributed by atoms with Crippen molar-refractivity contribution in [2.24, 2.45) is 5.73 Å². The minimum absolute atomic E-state index is 0. The highest BCUT2D eigenvalue weighted by Crippen LogP contribution is 2.39. The van der Waals surface area contributed by atoms with Gasteiger partial charge in [-0.1, -0.05) is 31.4 Å². The number of hydrogen-bond acceptors (Lipinski definition) is 4. The maximum absolute atomic E-state index is 12.7. The summed E-state index contributed by atoms with van der Waals surface area (Å²) in [6.07, 6.45) is 7.04. The molecule has 0 radical (unpaired) electrons. The van der Waals surface area contributed by atoms with Crippen molar-refractivity contribution < 1.29 is 14.3 Å². The van der Waals surface area contributed by atoms with Gasteiger partial charge in [-0.05, 0) is 43.4 Å². The number of hydrogen-bond donors (Lipinski definition) is 2. The van der Waals surface area contributed by atoms with Crippen molar-refractivity contribution in [1.82, 2.24) is 5.32 Å². The number of nitrogens with one attached hydrogen (secondary N) is 1. The molecule has 3 N–H and O–H groups in total. The molecule has 0 bridgehead atoms. The normalized spacial score (nSPS) is 21.3. The molecule has 2 fully saturated rings. The van der Waals surface area contributed by atoms with Gasteiger partial charge in [0.1, 0.15) is 5.75 Å². The molecule has 146 valence electrons.